The number of rotatable bonds is 9. The van der Waals surface area contributed by atoms with Crippen LogP contribution in [0.5, 0.6) is 0 Å². The predicted octanol–water partition coefficient (Wildman–Crippen LogP) is 3.93. The topological polar surface area (TPSA) is 72.2 Å². The highest BCUT2D eigenvalue weighted by Gasteiger charge is 2.22. The van der Waals surface area contributed by atoms with Crippen molar-refractivity contribution in [2.45, 2.75) is 18.9 Å². The Kier molecular flexibility index (Phi) is 7.45. The Labute approximate surface area is 206 Å². The molecule has 0 saturated heterocycles. The minimum absolute atomic E-state index is 0.0579. The molecule has 180 valence electrons. The highest BCUT2D eigenvalue weighted by atomic mass is 16.2. The Morgan fingerprint density at radius 3 is 2.46 bits per heavy atom. The van der Waals surface area contributed by atoms with Gasteiger partial charge < -0.3 is 14.8 Å². The molecule has 2 heterocycles. The predicted molar refractivity (Wildman–Crippen MR) is 137 cm³/mol. The number of amides is 2. The van der Waals surface area contributed by atoms with Gasteiger partial charge in [0.15, 0.2) is 0 Å². The lowest BCUT2D eigenvalue weighted by molar-refractivity contribution is 0.0723. The first kappa shape index (κ1) is 24.0. The molecule has 7 nitrogen and oxygen atoms in total. The van der Waals surface area contributed by atoms with Crippen molar-refractivity contribution in [1.82, 2.24) is 24.6 Å². The minimum Gasteiger partial charge on any atom is -0.351 e. The number of nitrogens with one attached hydrogen (secondary N) is 1. The highest BCUT2D eigenvalue weighted by molar-refractivity contribution is 5.95. The van der Waals surface area contributed by atoms with E-state index in [-0.39, 0.29) is 17.9 Å². The molecule has 0 spiro atoms. The molecule has 0 unspecified atom stereocenters. The molecule has 0 aliphatic carbocycles. The fourth-order valence-electron chi connectivity index (χ4n) is 4.21. The van der Waals surface area contributed by atoms with E-state index in [0.717, 1.165) is 16.8 Å². The van der Waals surface area contributed by atoms with E-state index >= 15 is 0 Å². The van der Waals surface area contributed by atoms with Gasteiger partial charge in [0.1, 0.15) is 5.69 Å². The van der Waals surface area contributed by atoms with Gasteiger partial charge in [-0.3, -0.25) is 14.3 Å². The van der Waals surface area contributed by atoms with Gasteiger partial charge in [-0.25, -0.2) is 0 Å². The SMILES string of the molecule is CN(C(=O)c1cccc(-c2ccn(C)n2)c1)[C@H](CCNC(=O)c1cccn1C)Cc1ccccc1. The molecule has 2 amide bonds. The van der Waals surface area contributed by atoms with E-state index in [9.17, 15) is 9.59 Å². The molecule has 0 saturated carbocycles. The molecular weight excluding hydrogens is 438 g/mol. The van der Waals surface area contributed by atoms with E-state index in [4.69, 9.17) is 0 Å². The minimum atomic E-state index is -0.118. The number of likely N-dealkylation sites (N-methyl/N-ethyl adjacent to an activating group) is 1. The Morgan fingerprint density at radius 1 is 0.971 bits per heavy atom. The maximum atomic E-state index is 13.5. The van der Waals surface area contributed by atoms with Crippen LogP contribution in [0, 0.1) is 0 Å². The van der Waals surface area contributed by atoms with Gasteiger partial charge in [0, 0.05) is 57.3 Å². The normalized spacial score (nSPS) is 11.7. The maximum Gasteiger partial charge on any atom is 0.267 e. The van der Waals surface area contributed by atoms with Gasteiger partial charge in [0.2, 0.25) is 0 Å². The van der Waals surface area contributed by atoms with Gasteiger partial charge in [-0.15, -0.1) is 0 Å². The van der Waals surface area contributed by atoms with Crippen LogP contribution in [-0.4, -0.2) is 50.7 Å². The number of nitrogens with zero attached hydrogens (tertiary/aromatic N) is 4. The van der Waals surface area contributed by atoms with Crippen LogP contribution in [0.2, 0.25) is 0 Å². The summed E-state index contributed by atoms with van der Waals surface area (Å²) in [4.78, 5) is 27.8. The third-order valence-electron chi connectivity index (χ3n) is 6.24. The molecule has 4 aromatic rings. The van der Waals surface area contributed by atoms with Crippen molar-refractivity contribution >= 4 is 11.8 Å². The highest BCUT2D eigenvalue weighted by Crippen LogP contribution is 2.20. The van der Waals surface area contributed by atoms with Crippen molar-refractivity contribution in [3.63, 3.8) is 0 Å². The molecule has 1 N–H and O–H groups in total. The summed E-state index contributed by atoms with van der Waals surface area (Å²) in [6.45, 7) is 0.465. The molecule has 0 fully saturated rings. The van der Waals surface area contributed by atoms with Crippen LogP contribution in [0.25, 0.3) is 11.3 Å². The van der Waals surface area contributed by atoms with Crippen LogP contribution in [0.3, 0.4) is 0 Å². The third-order valence-corrected chi connectivity index (χ3v) is 6.24. The largest absolute Gasteiger partial charge is 0.351 e. The van der Waals surface area contributed by atoms with Crippen LogP contribution in [0.4, 0.5) is 0 Å². The van der Waals surface area contributed by atoms with Crippen molar-refractivity contribution in [3.8, 4) is 11.3 Å². The van der Waals surface area contributed by atoms with Gasteiger partial charge in [-0.1, -0.05) is 42.5 Å². The molecule has 2 aromatic heterocycles. The van der Waals surface area contributed by atoms with E-state index in [1.54, 1.807) is 20.2 Å². The van der Waals surface area contributed by atoms with Crippen LogP contribution < -0.4 is 5.32 Å². The van der Waals surface area contributed by atoms with Crippen molar-refractivity contribution in [1.29, 1.82) is 0 Å². The second kappa shape index (κ2) is 10.9. The molecule has 2 aromatic carbocycles. The lowest BCUT2D eigenvalue weighted by atomic mass is 10.0. The van der Waals surface area contributed by atoms with E-state index in [0.29, 0.717) is 30.6 Å². The summed E-state index contributed by atoms with van der Waals surface area (Å²) in [6, 6.07) is 23.2. The molecule has 35 heavy (non-hydrogen) atoms. The van der Waals surface area contributed by atoms with E-state index in [2.05, 4.69) is 22.5 Å². The average Bonchev–Trinajstić information content (AvgIpc) is 3.51. The zero-order chi connectivity index (χ0) is 24.8. The van der Waals surface area contributed by atoms with Crippen LogP contribution in [-0.2, 0) is 20.5 Å². The Morgan fingerprint density at radius 2 is 1.77 bits per heavy atom. The monoisotopic (exact) mass is 469 g/mol. The van der Waals surface area contributed by atoms with Gasteiger partial charge in [0.05, 0.1) is 5.69 Å². The van der Waals surface area contributed by atoms with Crippen molar-refractivity contribution in [3.05, 3.63) is 102 Å². The summed E-state index contributed by atoms with van der Waals surface area (Å²) in [7, 11) is 5.55. The fourth-order valence-corrected chi connectivity index (χ4v) is 4.21. The van der Waals surface area contributed by atoms with E-state index < -0.39 is 0 Å². The summed E-state index contributed by atoms with van der Waals surface area (Å²) in [6.07, 6.45) is 5.06. The molecule has 0 radical (unpaired) electrons. The molecule has 7 heteroatoms. The Balaban J connectivity index is 1.49. The Hall–Kier alpha value is -4.13. The second-order valence-corrected chi connectivity index (χ2v) is 8.76. The van der Waals surface area contributed by atoms with Crippen LogP contribution >= 0.6 is 0 Å². The Bertz CT molecular complexity index is 1290. The van der Waals surface area contributed by atoms with E-state index in [1.165, 1.54) is 0 Å². The summed E-state index contributed by atoms with van der Waals surface area (Å²) < 4.78 is 3.54. The maximum absolute atomic E-state index is 13.5. The first-order valence-electron chi connectivity index (χ1n) is 11.7. The number of carbonyl (C=O) groups excluding carboxylic acids is 2. The van der Waals surface area contributed by atoms with Gasteiger partial charge in [-0.2, -0.15) is 5.10 Å². The first-order chi connectivity index (χ1) is 16.9. The zero-order valence-corrected chi connectivity index (χ0v) is 20.4. The van der Waals surface area contributed by atoms with Gasteiger partial charge in [0.25, 0.3) is 11.8 Å². The molecule has 0 bridgehead atoms. The summed E-state index contributed by atoms with van der Waals surface area (Å²) in [5.74, 6) is -0.175. The molecule has 4 rings (SSSR count). The molecular formula is C28H31N5O2. The summed E-state index contributed by atoms with van der Waals surface area (Å²) >= 11 is 0. The van der Waals surface area contributed by atoms with E-state index in [1.807, 2.05) is 88.1 Å². The van der Waals surface area contributed by atoms with Gasteiger partial charge in [-0.05, 0) is 48.7 Å². The van der Waals surface area contributed by atoms with Crippen molar-refractivity contribution in [2.24, 2.45) is 14.1 Å². The first-order valence-corrected chi connectivity index (χ1v) is 11.7. The second-order valence-electron chi connectivity index (χ2n) is 8.76. The molecule has 1 atom stereocenters. The van der Waals surface area contributed by atoms with Crippen LogP contribution in [0.15, 0.2) is 85.2 Å². The smallest absolute Gasteiger partial charge is 0.267 e. The standard InChI is InChI=1S/C28H31N5O2/c1-31-17-8-13-26(31)27(34)29-16-14-24(19-21-9-5-4-6-10-21)33(3)28(35)23-12-7-11-22(20-23)25-15-18-32(2)30-25/h4-13,15,17-18,20,24H,14,16,19H2,1-3H3,(H,29,34)/t24-/m1/s1. The van der Waals surface area contributed by atoms with Gasteiger partial charge >= 0.3 is 0 Å². The number of aromatic nitrogens is 3. The quantitative estimate of drug-likeness (QED) is 0.404. The number of carbonyl (C=O) groups is 2. The van der Waals surface area contributed by atoms with Crippen molar-refractivity contribution in [2.75, 3.05) is 13.6 Å². The number of hydrogen-bond donors (Lipinski definition) is 1. The fraction of sp³-hybridized carbons (Fsp3) is 0.250. The average molecular weight is 470 g/mol. The summed E-state index contributed by atoms with van der Waals surface area (Å²) in [5.41, 5.74) is 4.10. The number of hydrogen-bond acceptors (Lipinski definition) is 3. The van der Waals surface area contributed by atoms with Crippen LogP contribution in [0.1, 0.15) is 32.8 Å². The lowest BCUT2D eigenvalue weighted by Crippen LogP contribution is -2.41. The molecule has 0 aliphatic rings. The summed E-state index contributed by atoms with van der Waals surface area (Å²) in [5, 5.41) is 7.45. The number of benzene rings is 2. The van der Waals surface area contributed by atoms with Crippen molar-refractivity contribution < 1.29 is 9.59 Å². The lowest BCUT2D eigenvalue weighted by Gasteiger charge is -2.29. The molecule has 0 aliphatic heterocycles. The number of aryl methyl sites for hydroxylation is 2. The third kappa shape index (κ3) is 5.87. The zero-order valence-electron chi connectivity index (χ0n) is 20.4.